The third-order valence-electron chi connectivity index (χ3n) is 2.17. The van der Waals surface area contributed by atoms with Crippen LogP contribution in [0.25, 0.3) is 6.08 Å². The van der Waals surface area contributed by atoms with Crippen molar-refractivity contribution < 1.29 is 14.0 Å². The molecule has 1 fully saturated rings. The number of imide groups is 1. The highest BCUT2D eigenvalue weighted by atomic mass is 79.9. The van der Waals surface area contributed by atoms with Crippen molar-refractivity contribution in [2.75, 3.05) is 5.73 Å². The lowest BCUT2D eigenvalue weighted by Gasteiger charge is -2.04. The van der Waals surface area contributed by atoms with E-state index >= 15 is 0 Å². The van der Waals surface area contributed by atoms with Gasteiger partial charge in [-0.2, -0.15) is 0 Å². The lowest BCUT2D eigenvalue weighted by atomic mass is 10.1. The fourth-order valence-corrected chi connectivity index (χ4v) is 1.70. The van der Waals surface area contributed by atoms with Gasteiger partial charge in [0.1, 0.15) is 11.5 Å². The summed E-state index contributed by atoms with van der Waals surface area (Å²) in [7, 11) is 0. The summed E-state index contributed by atoms with van der Waals surface area (Å²) in [5.41, 5.74) is 5.78. The van der Waals surface area contributed by atoms with Crippen LogP contribution >= 0.6 is 15.9 Å². The third kappa shape index (κ3) is 2.14. The second-order valence-corrected chi connectivity index (χ2v) is 4.18. The van der Waals surface area contributed by atoms with E-state index in [0.29, 0.717) is 0 Å². The minimum atomic E-state index is -0.643. The van der Waals surface area contributed by atoms with Crippen LogP contribution in [0, 0.1) is 5.82 Å². The Hall–Kier alpha value is -1.89. The molecule has 1 heterocycles. The number of hydrogen-bond donors (Lipinski definition) is 3. The summed E-state index contributed by atoms with van der Waals surface area (Å²) >= 11 is 3.01. The van der Waals surface area contributed by atoms with Crippen molar-refractivity contribution in [1.29, 1.82) is 0 Å². The molecule has 1 aliphatic rings. The Labute approximate surface area is 104 Å². The molecule has 0 aromatic heterocycles. The molecule has 0 unspecified atom stereocenters. The minimum absolute atomic E-state index is 0.0429. The molecule has 7 heteroatoms. The highest BCUT2D eigenvalue weighted by molar-refractivity contribution is 9.10. The number of nitrogen functional groups attached to an aromatic ring is 1. The van der Waals surface area contributed by atoms with Crippen molar-refractivity contribution in [1.82, 2.24) is 10.6 Å². The summed E-state index contributed by atoms with van der Waals surface area (Å²) in [6, 6.07) is 2.31. The monoisotopic (exact) mass is 299 g/mol. The van der Waals surface area contributed by atoms with Crippen LogP contribution in [0.3, 0.4) is 0 Å². The van der Waals surface area contributed by atoms with Gasteiger partial charge in [0, 0.05) is 11.3 Å². The first-order valence-corrected chi connectivity index (χ1v) is 5.36. The first-order valence-electron chi connectivity index (χ1n) is 4.56. The van der Waals surface area contributed by atoms with Crippen LogP contribution in [-0.2, 0) is 4.79 Å². The molecule has 1 aliphatic heterocycles. The topological polar surface area (TPSA) is 84.2 Å². The fourth-order valence-electron chi connectivity index (χ4n) is 1.35. The van der Waals surface area contributed by atoms with Gasteiger partial charge in [0.15, 0.2) is 0 Å². The van der Waals surface area contributed by atoms with Gasteiger partial charge in [0.25, 0.3) is 5.91 Å². The zero-order chi connectivity index (χ0) is 12.6. The molecule has 0 spiro atoms. The quantitative estimate of drug-likeness (QED) is 0.416. The molecule has 0 bridgehead atoms. The molecular weight excluding hydrogens is 293 g/mol. The second kappa shape index (κ2) is 4.17. The molecule has 0 radical (unpaired) electrons. The molecule has 1 aromatic carbocycles. The highest BCUT2D eigenvalue weighted by Crippen LogP contribution is 2.26. The second-order valence-electron chi connectivity index (χ2n) is 3.33. The number of urea groups is 1. The Morgan fingerprint density at radius 2 is 2.00 bits per heavy atom. The van der Waals surface area contributed by atoms with E-state index in [1.807, 2.05) is 5.32 Å². The molecule has 2 rings (SSSR count). The van der Waals surface area contributed by atoms with Crippen LogP contribution in [-0.4, -0.2) is 11.9 Å². The molecule has 0 aliphatic carbocycles. The first-order chi connectivity index (χ1) is 7.99. The van der Waals surface area contributed by atoms with Gasteiger partial charge in [-0.05, 0) is 34.1 Å². The maximum Gasteiger partial charge on any atom is 0.326 e. The Morgan fingerprint density at radius 1 is 1.29 bits per heavy atom. The number of rotatable bonds is 1. The molecule has 1 saturated heterocycles. The van der Waals surface area contributed by atoms with E-state index < -0.39 is 17.8 Å². The summed E-state index contributed by atoms with van der Waals surface area (Å²) in [5, 5.41) is 4.26. The van der Waals surface area contributed by atoms with Crippen LogP contribution in [0.2, 0.25) is 0 Å². The largest absolute Gasteiger partial charge is 0.398 e. The van der Waals surface area contributed by atoms with Crippen LogP contribution in [0.4, 0.5) is 14.9 Å². The van der Waals surface area contributed by atoms with Crippen molar-refractivity contribution in [3.63, 3.8) is 0 Å². The number of halogens is 2. The molecule has 4 N–H and O–H groups in total. The van der Waals surface area contributed by atoms with E-state index in [1.54, 1.807) is 0 Å². The van der Waals surface area contributed by atoms with Crippen LogP contribution in [0.15, 0.2) is 22.3 Å². The molecule has 88 valence electrons. The Morgan fingerprint density at radius 3 is 2.59 bits per heavy atom. The predicted molar refractivity (Wildman–Crippen MR) is 63.2 cm³/mol. The standard InChI is InChI=1S/C10H7BrFN3O2/c11-5-1-2-6(13)4(8(5)12)3-7-9(16)15-10(17)14-7/h1-3H,13H2,(H2,14,15,16,17). The van der Waals surface area contributed by atoms with E-state index in [0.717, 1.165) is 0 Å². The zero-order valence-electron chi connectivity index (χ0n) is 8.38. The van der Waals surface area contributed by atoms with Gasteiger partial charge in [-0.15, -0.1) is 0 Å². The van der Waals surface area contributed by atoms with E-state index in [4.69, 9.17) is 5.73 Å². The van der Waals surface area contributed by atoms with Crippen LogP contribution in [0.5, 0.6) is 0 Å². The van der Waals surface area contributed by atoms with E-state index in [1.165, 1.54) is 18.2 Å². The van der Waals surface area contributed by atoms with E-state index in [-0.39, 0.29) is 21.4 Å². The van der Waals surface area contributed by atoms with Crippen LogP contribution in [0.1, 0.15) is 5.56 Å². The Balaban J connectivity index is 2.49. The molecule has 1 aromatic rings. The summed E-state index contributed by atoms with van der Waals surface area (Å²) in [5.74, 6) is -1.21. The van der Waals surface area contributed by atoms with Gasteiger partial charge in [0.2, 0.25) is 0 Å². The SMILES string of the molecule is Nc1ccc(Br)c(F)c1C=C1NC(=O)NC1=O. The maximum atomic E-state index is 13.7. The van der Waals surface area contributed by atoms with Crippen molar-refractivity contribution in [2.45, 2.75) is 0 Å². The smallest absolute Gasteiger partial charge is 0.326 e. The normalized spacial score (nSPS) is 17.2. The summed E-state index contributed by atoms with van der Waals surface area (Å²) < 4.78 is 13.9. The van der Waals surface area contributed by atoms with Crippen molar-refractivity contribution >= 4 is 39.6 Å². The van der Waals surface area contributed by atoms with Gasteiger partial charge in [-0.25, -0.2) is 9.18 Å². The summed E-state index contributed by atoms with van der Waals surface area (Å²) in [6.45, 7) is 0. The molecule has 0 atom stereocenters. The summed E-state index contributed by atoms with van der Waals surface area (Å²) in [6.07, 6.45) is 1.19. The number of carbonyl (C=O) groups excluding carboxylic acids is 2. The maximum absolute atomic E-state index is 13.7. The molecule has 17 heavy (non-hydrogen) atoms. The van der Waals surface area contributed by atoms with Gasteiger partial charge >= 0.3 is 6.03 Å². The van der Waals surface area contributed by atoms with E-state index in [9.17, 15) is 14.0 Å². The van der Waals surface area contributed by atoms with Crippen molar-refractivity contribution in [3.8, 4) is 0 Å². The molecule has 3 amide bonds. The average Bonchev–Trinajstić information content (AvgIpc) is 2.58. The van der Waals surface area contributed by atoms with Gasteiger partial charge < -0.3 is 11.1 Å². The molecular formula is C10H7BrFN3O2. The van der Waals surface area contributed by atoms with Gasteiger partial charge in [-0.3, -0.25) is 10.1 Å². The number of nitrogens with one attached hydrogen (secondary N) is 2. The third-order valence-corrected chi connectivity index (χ3v) is 2.79. The fraction of sp³-hybridized carbons (Fsp3) is 0. The lowest BCUT2D eigenvalue weighted by Crippen LogP contribution is -2.22. The van der Waals surface area contributed by atoms with Gasteiger partial charge in [0.05, 0.1) is 4.47 Å². The Bertz CT molecular complexity index is 557. The number of anilines is 1. The van der Waals surface area contributed by atoms with Crippen molar-refractivity contribution in [3.05, 3.63) is 33.7 Å². The van der Waals surface area contributed by atoms with Gasteiger partial charge in [-0.1, -0.05) is 0 Å². The number of nitrogens with two attached hydrogens (primary N) is 1. The number of amides is 3. The molecule has 5 nitrogen and oxygen atoms in total. The number of carbonyl (C=O) groups is 2. The lowest BCUT2D eigenvalue weighted by molar-refractivity contribution is -0.115. The Kier molecular flexibility index (Phi) is 2.84. The zero-order valence-corrected chi connectivity index (χ0v) is 9.97. The highest BCUT2D eigenvalue weighted by Gasteiger charge is 2.23. The first kappa shape index (κ1) is 11.6. The predicted octanol–water partition coefficient (Wildman–Crippen LogP) is 1.35. The van der Waals surface area contributed by atoms with E-state index in [2.05, 4.69) is 21.2 Å². The number of benzene rings is 1. The van der Waals surface area contributed by atoms with Crippen molar-refractivity contribution in [2.24, 2.45) is 0 Å². The minimum Gasteiger partial charge on any atom is -0.398 e. The van der Waals surface area contributed by atoms with Crippen LogP contribution < -0.4 is 16.4 Å². The average molecular weight is 300 g/mol. The number of hydrogen-bond acceptors (Lipinski definition) is 3. The summed E-state index contributed by atoms with van der Waals surface area (Å²) in [4.78, 5) is 22.1. The molecule has 0 saturated carbocycles.